The number of carbonyl (C=O) groups is 1. The second-order valence-corrected chi connectivity index (χ2v) is 5.96. The number of aryl methyl sites for hydroxylation is 1. The van der Waals surface area contributed by atoms with Crippen molar-refractivity contribution in [2.24, 2.45) is 0 Å². The quantitative estimate of drug-likeness (QED) is 0.736. The van der Waals surface area contributed by atoms with Crippen molar-refractivity contribution in [3.05, 3.63) is 81.9 Å². The molecule has 0 saturated carbocycles. The summed E-state index contributed by atoms with van der Waals surface area (Å²) in [5.41, 5.74) is 1.97. The van der Waals surface area contributed by atoms with Crippen molar-refractivity contribution in [3.63, 3.8) is 0 Å². The summed E-state index contributed by atoms with van der Waals surface area (Å²) in [6, 6.07) is 13.1. The van der Waals surface area contributed by atoms with E-state index in [9.17, 15) is 14.7 Å². The van der Waals surface area contributed by atoms with E-state index in [4.69, 9.17) is 0 Å². The third-order valence-corrected chi connectivity index (χ3v) is 3.92. The molecule has 25 heavy (non-hydrogen) atoms. The van der Waals surface area contributed by atoms with Crippen molar-refractivity contribution >= 4 is 11.6 Å². The van der Waals surface area contributed by atoms with E-state index in [2.05, 4.69) is 10.3 Å². The Kier molecular flexibility index (Phi) is 4.90. The van der Waals surface area contributed by atoms with Crippen molar-refractivity contribution in [2.75, 3.05) is 6.54 Å². The number of pyridine rings is 1. The first-order valence-corrected chi connectivity index (χ1v) is 8.03. The Hall–Kier alpha value is -2.99. The molecule has 0 aliphatic heterocycles. The van der Waals surface area contributed by atoms with Gasteiger partial charge in [-0.3, -0.25) is 14.0 Å². The van der Waals surface area contributed by atoms with Crippen LogP contribution in [-0.2, 0) is 6.42 Å². The zero-order valence-electron chi connectivity index (χ0n) is 13.8. The molecule has 0 saturated heterocycles. The predicted octanol–water partition coefficient (Wildman–Crippen LogP) is 1.34. The van der Waals surface area contributed by atoms with Crippen LogP contribution in [0.1, 0.15) is 21.5 Å². The molecule has 0 radical (unpaired) electrons. The van der Waals surface area contributed by atoms with E-state index in [0.717, 1.165) is 11.1 Å². The van der Waals surface area contributed by atoms with Crippen molar-refractivity contribution < 1.29 is 9.90 Å². The van der Waals surface area contributed by atoms with Gasteiger partial charge in [-0.25, -0.2) is 4.98 Å². The van der Waals surface area contributed by atoms with Crippen molar-refractivity contribution in [3.8, 4) is 0 Å². The molecule has 2 aromatic heterocycles. The van der Waals surface area contributed by atoms with E-state index in [0.29, 0.717) is 12.1 Å². The zero-order chi connectivity index (χ0) is 17.8. The normalized spacial score (nSPS) is 12.1. The van der Waals surface area contributed by atoms with E-state index >= 15 is 0 Å². The molecule has 0 bridgehead atoms. The SMILES string of the molecule is Cc1ccn2c(=O)c(C(=O)NCC(O)Cc3ccccc3)cnc2c1. The van der Waals surface area contributed by atoms with Crippen LogP contribution in [-0.4, -0.2) is 33.0 Å². The van der Waals surface area contributed by atoms with Gasteiger partial charge in [0.2, 0.25) is 0 Å². The fourth-order valence-corrected chi connectivity index (χ4v) is 2.60. The number of nitrogens with one attached hydrogen (secondary N) is 1. The largest absolute Gasteiger partial charge is 0.391 e. The lowest BCUT2D eigenvalue weighted by molar-refractivity contribution is 0.0914. The lowest BCUT2D eigenvalue weighted by atomic mass is 10.1. The van der Waals surface area contributed by atoms with Gasteiger partial charge < -0.3 is 10.4 Å². The first-order chi connectivity index (χ1) is 12.0. The smallest absolute Gasteiger partial charge is 0.270 e. The number of hydrogen-bond donors (Lipinski definition) is 2. The summed E-state index contributed by atoms with van der Waals surface area (Å²) in [6.07, 6.45) is 2.57. The number of aliphatic hydroxyl groups is 1. The van der Waals surface area contributed by atoms with Crippen molar-refractivity contribution in [1.29, 1.82) is 0 Å². The van der Waals surface area contributed by atoms with Gasteiger partial charge in [0.25, 0.3) is 11.5 Å². The molecule has 1 aromatic carbocycles. The number of fused-ring (bicyclic) bond motifs is 1. The molecule has 2 heterocycles. The monoisotopic (exact) mass is 337 g/mol. The highest BCUT2D eigenvalue weighted by Crippen LogP contribution is 2.04. The average Bonchev–Trinajstić information content (AvgIpc) is 2.61. The molecule has 6 heteroatoms. The molecule has 0 fully saturated rings. The van der Waals surface area contributed by atoms with Gasteiger partial charge in [-0.15, -0.1) is 0 Å². The summed E-state index contributed by atoms with van der Waals surface area (Å²) in [6.45, 7) is 1.96. The minimum Gasteiger partial charge on any atom is -0.391 e. The maximum absolute atomic E-state index is 12.4. The third kappa shape index (κ3) is 3.92. The van der Waals surface area contributed by atoms with E-state index in [1.54, 1.807) is 18.3 Å². The summed E-state index contributed by atoms with van der Waals surface area (Å²) in [4.78, 5) is 28.8. The Bertz CT molecular complexity index is 951. The van der Waals surface area contributed by atoms with Gasteiger partial charge in [0, 0.05) is 25.4 Å². The fraction of sp³-hybridized carbons (Fsp3) is 0.211. The molecule has 3 rings (SSSR count). The minimum absolute atomic E-state index is 0.0479. The van der Waals surface area contributed by atoms with Crippen LogP contribution < -0.4 is 10.9 Å². The molecule has 0 aliphatic rings. The van der Waals surface area contributed by atoms with Crippen molar-refractivity contribution in [2.45, 2.75) is 19.4 Å². The third-order valence-electron chi connectivity index (χ3n) is 3.92. The minimum atomic E-state index is -0.731. The molecule has 2 N–H and O–H groups in total. The Labute approximate surface area is 144 Å². The highest BCUT2D eigenvalue weighted by Gasteiger charge is 2.15. The fourth-order valence-electron chi connectivity index (χ4n) is 2.60. The first-order valence-electron chi connectivity index (χ1n) is 8.03. The highest BCUT2D eigenvalue weighted by atomic mass is 16.3. The lowest BCUT2D eigenvalue weighted by Crippen LogP contribution is -2.36. The summed E-state index contributed by atoms with van der Waals surface area (Å²) >= 11 is 0. The van der Waals surface area contributed by atoms with Crippen molar-refractivity contribution in [1.82, 2.24) is 14.7 Å². The Morgan fingerprint density at radius 1 is 1.28 bits per heavy atom. The number of nitrogens with zero attached hydrogens (tertiary/aromatic N) is 2. The topological polar surface area (TPSA) is 83.7 Å². The van der Waals surface area contributed by atoms with Crippen LogP contribution in [0, 0.1) is 6.92 Å². The van der Waals surface area contributed by atoms with Gasteiger partial charge in [0.1, 0.15) is 11.2 Å². The predicted molar refractivity (Wildman–Crippen MR) is 94.7 cm³/mol. The molecule has 6 nitrogen and oxygen atoms in total. The van der Waals surface area contributed by atoms with Gasteiger partial charge in [-0.05, 0) is 30.2 Å². The number of aromatic nitrogens is 2. The number of amides is 1. The number of hydrogen-bond acceptors (Lipinski definition) is 4. The maximum atomic E-state index is 12.4. The Balaban J connectivity index is 1.69. The Morgan fingerprint density at radius 2 is 2.04 bits per heavy atom. The zero-order valence-corrected chi connectivity index (χ0v) is 13.8. The average molecular weight is 337 g/mol. The van der Waals surface area contributed by atoms with Crippen LogP contribution in [0.4, 0.5) is 0 Å². The van der Waals surface area contributed by atoms with Crippen LogP contribution in [0.25, 0.3) is 5.65 Å². The molecule has 3 aromatic rings. The summed E-state index contributed by atoms with van der Waals surface area (Å²) in [5, 5.41) is 12.6. The van der Waals surface area contributed by atoms with Gasteiger partial charge in [-0.1, -0.05) is 30.3 Å². The number of benzene rings is 1. The van der Waals surface area contributed by atoms with Crippen LogP contribution in [0.3, 0.4) is 0 Å². The van der Waals surface area contributed by atoms with Gasteiger partial charge in [0.15, 0.2) is 0 Å². The highest BCUT2D eigenvalue weighted by molar-refractivity contribution is 5.93. The molecule has 1 unspecified atom stereocenters. The molecule has 0 spiro atoms. The lowest BCUT2D eigenvalue weighted by Gasteiger charge is -2.12. The van der Waals surface area contributed by atoms with E-state index in [1.165, 1.54) is 10.6 Å². The molecule has 0 aliphatic carbocycles. The summed E-state index contributed by atoms with van der Waals surface area (Å²) in [5.74, 6) is -0.542. The maximum Gasteiger partial charge on any atom is 0.270 e. The molecule has 1 atom stereocenters. The van der Waals surface area contributed by atoms with Crippen LogP contribution in [0.5, 0.6) is 0 Å². The van der Waals surface area contributed by atoms with Gasteiger partial charge >= 0.3 is 0 Å². The number of carbonyl (C=O) groups excluding carboxylic acids is 1. The van der Waals surface area contributed by atoms with Crippen LogP contribution in [0.2, 0.25) is 0 Å². The van der Waals surface area contributed by atoms with E-state index in [-0.39, 0.29) is 12.1 Å². The standard InChI is InChI=1S/C19H19N3O3/c1-13-7-8-22-17(9-13)20-12-16(19(22)25)18(24)21-11-15(23)10-14-5-3-2-4-6-14/h2-9,12,15,23H,10-11H2,1H3,(H,21,24). The molecular weight excluding hydrogens is 318 g/mol. The van der Waals surface area contributed by atoms with Crippen LogP contribution in [0.15, 0.2) is 59.7 Å². The van der Waals surface area contributed by atoms with Gasteiger partial charge in [-0.2, -0.15) is 0 Å². The first kappa shape index (κ1) is 16.9. The van der Waals surface area contributed by atoms with E-state index in [1.807, 2.05) is 37.3 Å². The van der Waals surface area contributed by atoms with E-state index < -0.39 is 17.6 Å². The second-order valence-electron chi connectivity index (χ2n) is 5.96. The molecule has 128 valence electrons. The van der Waals surface area contributed by atoms with Crippen LogP contribution >= 0.6 is 0 Å². The Morgan fingerprint density at radius 3 is 2.80 bits per heavy atom. The van der Waals surface area contributed by atoms with Gasteiger partial charge in [0.05, 0.1) is 6.10 Å². The molecule has 1 amide bonds. The summed E-state index contributed by atoms with van der Waals surface area (Å²) in [7, 11) is 0. The second kappa shape index (κ2) is 7.27. The summed E-state index contributed by atoms with van der Waals surface area (Å²) < 4.78 is 1.34. The number of aliphatic hydroxyl groups excluding tert-OH is 1. The number of rotatable bonds is 5. The molecular formula is C19H19N3O3.